The number of hydrogen-bond donors (Lipinski definition) is 2. The molecule has 0 rings (SSSR count). The molecule has 0 amide bonds. The van der Waals surface area contributed by atoms with Crippen molar-refractivity contribution in [2.75, 3.05) is 6.26 Å². The molecule has 0 aliphatic heterocycles. The van der Waals surface area contributed by atoms with Crippen LogP contribution in [0.2, 0.25) is 0 Å². The molecule has 0 aromatic rings. The summed E-state index contributed by atoms with van der Waals surface area (Å²) in [6.07, 6.45) is 0.628. The van der Waals surface area contributed by atoms with Gasteiger partial charge in [-0.25, -0.2) is 0 Å². The first kappa shape index (κ1) is 14.2. The smallest absolute Gasteiger partial charge is 0.284 e. The summed E-state index contributed by atoms with van der Waals surface area (Å²) in [5.74, 6) is 0. The average Bonchev–Trinajstić information content (AvgIpc) is 1.94. The Morgan fingerprint density at radius 1 is 1.21 bits per heavy atom. The summed E-state index contributed by atoms with van der Waals surface area (Å²) in [6, 6.07) is 0. The molecule has 0 atom stereocenters. The summed E-state index contributed by atoms with van der Waals surface area (Å²) in [6.45, 7) is 3.28. The molecule has 0 unspecified atom stereocenters. The van der Waals surface area contributed by atoms with Gasteiger partial charge < -0.3 is 0 Å². The molecular weight excluding hydrogens is 252 g/mol. The van der Waals surface area contributed by atoms with Gasteiger partial charge >= 0.3 is 0 Å². The normalized spacial score (nSPS) is 14.3. The fourth-order valence-electron chi connectivity index (χ4n) is 0.920. The summed E-state index contributed by atoms with van der Waals surface area (Å²) < 4.78 is 58.5. The second-order valence-electron chi connectivity index (χ2n) is 2.44. The summed E-state index contributed by atoms with van der Waals surface area (Å²) in [4.78, 5) is 0. The SMILES string of the molecule is [CH2]CCC(SC)(S(=O)(=O)O)S(=O)(=O)O. The lowest BCUT2D eigenvalue weighted by atomic mass is 10.4. The fourth-order valence-corrected chi connectivity index (χ4v) is 4.82. The van der Waals surface area contributed by atoms with Crippen molar-refractivity contribution in [1.29, 1.82) is 0 Å². The predicted molar refractivity (Wildman–Crippen MR) is 53.9 cm³/mol. The number of rotatable bonds is 5. The van der Waals surface area contributed by atoms with Gasteiger partial charge in [0.25, 0.3) is 23.6 Å². The topological polar surface area (TPSA) is 109 Å². The lowest BCUT2D eigenvalue weighted by Gasteiger charge is -2.24. The molecule has 0 heterocycles. The van der Waals surface area contributed by atoms with E-state index in [1.54, 1.807) is 0 Å². The Labute approximate surface area is 87.6 Å². The average molecular weight is 263 g/mol. The second kappa shape index (κ2) is 4.35. The Morgan fingerprint density at radius 2 is 1.57 bits per heavy atom. The molecule has 6 nitrogen and oxygen atoms in total. The minimum Gasteiger partial charge on any atom is -0.284 e. The largest absolute Gasteiger partial charge is 0.297 e. The van der Waals surface area contributed by atoms with Crippen molar-refractivity contribution in [3.63, 3.8) is 0 Å². The third-order valence-corrected chi connectivity index (χ3v) is 7.91. The highest BCUT2D eigenvalue weighted by molar-refractivity contribution is 8.25. The lowest BCUT2D eigenvalue weighted by molar-refractivity contribution is 0.444. The van der Waals surface area contributed by atoms with E-state index in [0.29, 0.717) is 11.8 Å². The van der Waals surface area contributed by atoms with E-state index < -0.39 is 30.1 Å². The molecule has 0 spiro atoms. The van der Waals surface area contributed by atoms with Gasteiger partial charge in [-0.15, -0.1) is 11.8 Å². The van der Waals surface area contributed by atoms with E-state index in [9.17, 15) is 16.8 Å². The number of thioether (sulfide) groups is 1. The van der Waals surface area contributed by atoms with Crippen LogP contribution in [-0.4, -0.2) is 35.6 Å². The van der Waals surface area contributed by atoms with E-state index in [4.69, 9.17) is 9.11 Å². The molecule has 0 bridgehead atoms. The maximum atomic E-state index is 10.9. The first-order valence-electron chi connectivity index (χ1n) is 3.41. The predicted octanol–water partition coefficient (Wildman–Crippen LogP) is 0.393. The van der Waals surface area contributed by atoms with E-state index in [1.807, 2.05) is 0 Å². The molecule has 85 valence electrons. The Morgan fingerprint density at radius 3 is 1.64 bits per heavy atom. The molecule has 0 aromatic heterocycles. The second-order valence-corrected chi connectivity index (χ2v) is 7.62. The minimum atomic E-state index is -4.91. The standard InChI is InChI=1S/C5H11O6S3/c1-3-4-5(12-2,13(6,7)8)14(9,10)11/h1,3-4H2,2H3,(H,6,7,8)(H,9,10,11). The molecule has 0 fully saturated rings. The fraction of sp³-hybridized carbons (Fsp3) is 0.800. The van der Waals surface area contributed by atoms with Gasteiger partial charge in [0.1, 0.15) is 0 Å². The lowest BCUT2D eigenvalue weighted by Crippen LogP contribution is -2.42. The summed E-state index contributed by atoms with van der Waals surface area (Å²) in [7, 11) is -9.82. The van der Waals surface area contributed by atoms with E-state index >= 15 is 0 Å². The van der Waals surface area contributed by atoms with Gasteiger partial charge in [0.15, 0.2) is 0 Å². The Balaban J connectivity index is 5.71. The van der Waals surface area contributed by atoms with Gasteiger partial charge in [-0.05, 0) is 19.1 Å². The van der Waals surface area contributed by atoms with Crippen LogP contribution in [0.15, 0.2) is 0 Å². The molecular formula is C5H11O6S3. The maximum absolute atomic E-state index is 10.9. The van der Waals surface area contributed by atoms with Gasteiger partial charge in [0.2, 0.25) is 0 Å². The zero-order chi connectivity index (χ0) is 11.6. The molecule has 1 radical (unpaired) electrons. The van der Waals surface area contributed by atoms with Gasteiger partial charge in [0, 0.05) is 0 Å². The minimum absolute atomic E-state index is 0.0551. The van der Waals surface area contributed by atoms with Crippen molar-refractivity contribution in [3.8, 4) is 0 Å². The van der Waals surface area contributed by atoms with Crippen LogP contribution in [0.5, 0.6) is 0 Å². The molecule has 14 heavy (non-hydrogen) atoms. The molecule has 2 N–H and O–H groups in total. The first-order chi connectivity index (χ1) is 6.12. The highest BCUT2D eigenvalue weighted by Crippen LogP contribution is 2.38. The zero-order valence-electron chi connectivity index (χ0n) is 7.37. The van der Waals surface area contributed by atoms with Crippen LogP contribution < -0.4 is 0 Å². The van der Waals surface area contributed by atoms with E-state index in [0.717, 1.165) is 6.26 Å². The van der Waals surface area contributed by atoms with Gasteiger partial charge in [-0.3, -0.25) is 9.11 Å². The highest BCUT2D eigenvalue weighted by atomic mass is 32.3. The molecule has 9 heteroatoms. The third kappa shape index (κ3) is 2.40. The highest BCUT2D eigenvalue weighted by Gasteiger charge is 2.53. The zero-order valence-corrected chi connectivity index (χ0v) is 9.82. The van der Waals surface area contributed by atoms with Crippen LogP contribution in [0.3, 0.4) is 0 Å². The Kier molecular flexibility index (Phi) is 4.41. The monoisotopic (exact) mass is 263 g/mol. The molecule has 0 aliphatic rings. The van der Waals surface area contributed by atoms with Crippen LogP contribution >= 0.6 is 11.8 Å². The molecule has 0 aromatic carbocycles. The Hall–Kier alpha value is 0.170. The van der Waals surface area contributed by atoms with Crippen LogP contribution in [0, 0.1) is 6.92 Å². The molecule has 0 saturated heterocycles. The van der Waals surface area contributed by atoms with Crippen LogP contribution in [0.4, 0.5) is 0 Å². The van der Waals surface area contributed by atoms with Crippen LogP contribution in [0.25, 0.3) is 0 Å². The van der Waals surface area contributed by atoms with E-state index in [-0.39, 0.29) is 6.42 Å². The maximum Gasteiger partial charge on any atom is 0.297 e. The van der Waals surface area contributed by atoms with Crippen molar-refractivity contribution in [2.45, 2.75) is 16.3 Å². The van der Waals surface area contributed by atoms with Crippen molar-refractivity contribution >= 4 is 32.0 Å². The van der Waals surface area contributed by atoms with E-state index in [1.165, 1.54) is 0 Å². The molecule has 0 aliphatic carbocycles. The van der Waals surface area contributed by atoms with Crippen molar-refractivity contribution < 1.29 is 25.9 Å². The summed E-state index contributed by atoms with van der Waals surface area (Å²) in [5, 5.41) is 0. The van der Waals surface area contributed by atoms with E-state index in [2.05, 4.69) is 6.92 Å². The Bertz CT molecular complexity index is 348. The van der Waals surface area contributed by atoms with Crippen molar-refractivity contribution in [3.05, 3.63) is 6.92 Å². The van der Waals surface area contributed by atoms with Crippen molar-refractivity contribution in [2.24, 2.45) is 0 Å². The van der Waals surface area contributed by atoms with Crippen molar-refractivity contribution in [1.82, 2.24) is 0 Å². The first-order valence-corrected chi connectivity index (χ1v) is 7.51. The van der Waals surface area contributed by atoms with Crippen LogP contribution in [-0.2, 0) is 20.2 Å². The van der Waals surface area contributed by atoms with Gasteiger partial charge in [0.05, 0.1) is 0 Å². The number of hydrogen-bond acceptors (Lipinski definition) is 5. The van der Waals surface area contributed by atoms with Gasteiger partial charge in [-0.2, -0.15) is 16.8 Å². The van der Waals surface area contributed by atoms with Gasteiger partial charge in [-0.1, -0.05) is 6.92 Å². The summed E-state index contributed by atoms with van der Waals surface area (Å²) in [5.41, 5.74) is 0. The third-order valence-electron chi connectivity index (χ3n) is 1.58. The quantitative estimate of drug-likeness (QED) is 0.691. The summed E-state index contributed by atoms with van der Waals surface area (Å²) >= 11 is 0.340. The van der Waals surface area contributed by atoms with Crippen LogP contribution in [0.1, 0.15) is 12.8 Å². The molecule has 0 saturated carbocycles.